The van der Waals surface area contributed by atoms with Crippen LogP contribution in [-0.4, -0.2) is 17.9 Å². The van der Waals surface area contributed by atoms with Gasteiger partial charge >= 0.3 is 0 Å². The monoisotopic (exact) mass is 267 g/mol. The lowest BCUT2D eigenvalue weighted by molar-refractivity contribution is -0.323. The fourth-order valence-electron chi connectivity index (χ4n) is 1.90. The van der Waals surface area contributed by atoms with Gasteiger partial charge in [-0.1, -0.05) is 0 Å². The van der Waals surface area contributed by atoms with Gasteiger partial charge in [0.2, 0.25) is 0 Å². The van der Waals surface area contributed by atoms with Crippen molar-refractivity contribution >= 4 is 17.9 Å². The van der Waals surface area contributed by atoms with Crippen LogP contribution in [0.2, 0.25) is 0 Å². The van der Waals surface area contributed by atoms with Crippen LogP contribution < -0.4 is 33.8 Å². The molecule has 108 valence electrons. The molecule has 9 heteroatoms. The Kier molecular flexibility index (Phi) is 10.1. The number of aliphatic carboxylic acids is 3. The van der Waals surface area contributed by atoms with Crippen LogP contribution in [0.4, 0.5) is 0 Å². The third kappa shape index (κ3) is 5.08. The second-order valence-electron chi connectivity index (χ2n) is 3.75. The normalized spacial score (nSPS) is 25.7. The molecule has 0 bridgehead atoms. The topological polar surface area (TPSA) is 230 Å². The number of quaternary nitrogens is 3. The molecular formula is C9H21N3O6. The van der Waals surface area contributed by atoms with Crippen molar-refractivity contribution in [3.63, 3.8) is 0 Å². The van der Waals surface area contributed by atoms with Gasteiger partial charge in [0, 0.05) is 17.9 Å². The number of carboxylic acid groups (broad SMARTS) is 3. The van der Waals surface area contributed by atoms with Gasteiger partial charge in [-0.3, -0.25) is 0 Å². The summed E-state index contributed by atoms with van der Waals surface area (Å²) in [6.45, 7) is 0. The maximum atomic E-state index is 10.6. The SMILES string of the molecule is O=C([O-])C1CC(C(=O)[O-])CC(C(=O)[O-])C1.[NH4+].[NH4+].[NH4+]. The zero-order valence-corrected chi connectivity index (χ0v) is 10.8. The van der Waals surface area contributed by atoms with E-state index in [4.69, 9.17) is 0 Å². The summed E-state index contributed by atoms with van der Waals surface area (Å²) < 4.78 is 0. The summed E-state index contributed by atoms with van der Waals surface area (Å²) in [7, 11) is 0. The molecular weight excluding hydrogens is 246 g/mol. The van der Waals surface area contributed by atoms with Crippen LogP contribution in [-0.2, 0) is 14.4 Å². The average Bonchev–Trinajstić information content (AvgIpc) is 2.16. The first kappa shape index (κ1) is 21.6. The van der Waals surface area contributed by atoms with Gasteiger partial charge in [0.25, 0.3) is 0 Å². The highest BCUT2D eigenvalue weighted by Crippen LogP contribution is 2.32. The fraction of sp³-hybridized carbons (Fsp3) is 0.667. The summed E-state index contributed by atoms with van der Waals surface area (Å²) in [4.78, 5) is 31.7. The molecule has 0 aromatic rings. The van der Waals surface area contributed by atoms with Crippen molar-refractivity contribution in [2.45, 2.75) is 19.3 Å². The summed E-state index contributed by atoms with van der Waals surface area (Å²) in [6.07, 6.45) is -0.392. The first-order chi connectivity index (χ1) is 6.91. The molecule has 1 aliphatic carbocycles. The second-order valence-corrected chi connectivity index (χ2v) is 3.75. The number of carbonyl (C=O) groups is 3. The van der Waals surface area contributed by atoms with Crippen LogP contribution in [0.5, 0.6) is 0 Å². The standard InChI is InChI=1S/C9H12O6.3H3N/c10-7(11)4-1-5(8(12)13)3-6(2-4)9(14)15;;;/h4-6H,1-3H2,(H,10,11)(H,12,13)(H,14,15);3*1H3. The molecule has 0 spiro atoms. The highest BCUT2D eigenvalue weighted by Gasteiger charge is 2.30. The lowest BCUT2D eigenvalue weighted by Gasteiger charge is -2.36. The molecule has 1 saturated carbocycles. The Morgan fingerprint density at radius 3 is 0.889 bits per heavy atom. The van der Waals surface area contributed by atoms with Crippen LogP contribution in [0.3, 0.4) is 0 Å². The van der Waals surface area contributed by atoms with E-state index >= 15 is 0 Å². The zero-order valence-electron chi connectivity index (χ0n) is 10.8. The molecule has 0 saturated heterocycles. The van der Waals surface area contributed by atoms with Gasteiger partial charge in [-0.25, -0.2) is 0 Å². The third-order valence-corrected chi connectivity index (χ3v) is 2.71. The van der Waals surface area contributed by atoms with Gasteiger partial charge in [0.15, 0.2) is 0 Å². The van der Waals surface area contributed by atoms with Crippen molar-refractivity contribution in [1.82, 2.24) is 18.5 Å². The van der Waals surface area contributed by atoms with Gasteiger partial charge in [0.1, 0.15) is 0 Å². The molecule has 0 radical (unpaired) electrons. The molecule has 0 unspecified atom stereocenters. The smallest absolute Gasteiger partial charge is 0.0445 e. The molecule has 12 N–H and O–H groups in total. The Hall–Kier alpha value is -1.71. The Morgan fingerprint density at radius 1 is 0.611 bits per heavy atom. The number of rotatable bonds is 3. The van der Waals surface area contributed by atoms with Crippen molar-refractivity contribution in [1.29, 1.82) is 0 Å². The summed E-state index contributed by atoms with van der Waals surface area (Å²) >= 11 is 0. The van der Waals surface area contributed by atoms with Crippen molar-refractivity contribution in [3.8, 4) is 0 Å². The van der Waals surface area contributed by atoms with Crippen molar-refractivity contribution in [2.24, 2.45) is 17.8 Å². The van der Waals surface area contributed by atoms with Crippen molar-refractivity contribution < 1.29 is 29.7 Å². The highest BCUT2D eigenvalue weighted by molar-refractivity contribution is 5.76. The van der Waals surface area contributed by atoms with E-state index in [0.29, 0.717) is 0 Å². The number of hydrogen-bond donors (Lipinski definition) is 3. The predicted octanol–water partition coefficient (Wildman–Crippen LogP) is -2.60. The van der Waals surface area contributed by atoms with Gasteiger partial charge in [0.05, 0.1) is 0 Å². The molecule has 0 aliphatic heterocycles. The zero-order chi connectivity index (χ0) is 11.6. The molecule has 18 heavy (non-hydrogen) atoms. The van der Waals surface area contributed by atoms with E-state index in [1.165, 1.54) is 0 Å². The van der Waals surface area contributed by atoms with Crippen molar-refractivity contribution in [3.05, 3.63) is 0 Å². The Morgan fingerprint density at radius 2 is 0.778 bits per heavy atom. The van der Waals surface area contributed by atoms with E-state index in [-0.39, 0.29) is 37.7 Å². The third-order valence-electron chi connectivity index (χ3n) is 2.71. The van der Waals surface area contributed by atoms with Crippen molar-refractivity contribution in [2.75, 3.05) is 0 Å². The summed E-state index contributed by atoms with van der Waals surface area (Å²) in [5.41, 5.74) is 0. The quantitative estimate of drug-likeness (QED) is 0.495. The van der Waals surface area contributed by atoms with E-state index in [1.807, 2.05) is 0 Å². The Bertz CT molecular complexity index is 255. The fourth-order valence-corrected chi connectivity index (χ4v) is 1.90. The first-order valence-corrected chi connectivity index (χ1v) is 4.54. The van der Waals surface area contributed by atoms with Gasteiger partial charge < -0.3 is 48.2 Å². The summed E-state index contributed by atoms with van der Waals surface area (Å²) in [5, 5.41) is 31.7. The van der Waals surface area contributed by atoms with Crippen LogP contribution in [0.15, 0.2) is 0 Å². The molecule has 0 amide bonds. The molecule has 1 aliphatic rings. The summed E-state index contributed by atoms with van der Waals surface area (Å²) in [5.74, 6) is -7.43. The van der Waals surface area contributed by atoms with E-state index in [9.17, 15) is 29.7 Å². The predicted molar refractivity (Wildman–Crippen MR) is 57.3 cm³/mol. The number of carbonyl (C=O) groups excluding carboxylic acids is 3. The minimum atomic E-state index is -1.42. The lowest BCUT2D eigenvalue weighted by Crippen LogP contribution is -2.46. The molecule has 0 atom stereocenters. The molecule has 1 fully saturated rings. The Balaban J connectivity index is -0.000000750. The molecule has 1 rings (SSSR count). The second kappa shape index (κ2) is 8.39. The highest BCUT2D eigenvalue weighted by atomic mass is 16.4. The minimum Gasteiger partial charge on any atom is -0.550 e. The Labute approximate surface area is 104 Å². The van der Waals surface area contributed by atoms with E-state index in [0.717, 1.165) is 0 Å². The van der Waals surface area contributed by atoms with E-state index < -0.39 is 35.7 Å². The minimum absolute atomic E-state index is 0. The van der Waals surface area contributed by atoms with Crippen LogP contribution in [0.1, 0.15) is 19.3 Å². The molecule has 0 heterocycles. The lowest BCUT2D eigenvalue weighted by atomic mass is 9.75. The van der Waals surface area contributed by atoms with Crippen LogP contribution in [0, 0.1) is 17.8 Å². The summed E-state index contributed by atoms with van der Waals surface area (Å²) in [6, 6.07) is 0. The maximum absolute atomic E-state index is 10.6. The van der Waals surface area contributed by atoms with Gasteiger partial charge in [-0.15, -0.1) is 0 Å². The number of hydrogen-bond acceptors (Lipinski definition) is 6. The van der Waals surface area contributed by atoms with E-state index in [1.54, 1.807) is 0 Å². The van der Waals surface area contributed by atoms with Crippen LogP contribution >= 0.6 is 0 Å². The largest absolute Gasteiger partial charge is 0.550 e. The van der Waals surface area contributed by atoms with E-state index in [2.05, 4.69) is 0 Å². The van der Waals surface area contributed by atoms with Gasteiger partial charge in [-0.05, 0) is 37.0 Å². The molecule has 9 nitrogen and oxygen atoms in total. The average molecular weight is 267 g/mol. The van der Waals surface area contributed by atoms with Gasteiger partial charge in [-0.2, -0.15) is 0 Å². The molecule has 0 aromatic heterocycles. The maximum Gasteiger partial charge on any atom is 0.0445 e. The first-order valence-electron chi connectivity index (χ1n) is 4.54. The number of carboxylic acids is 3. The van der Waals surface area contributed by atoms with Crippen LogP contribution in [0.25, 0.3) is 0 Å². The molecule has 0 aromatic carbocycles.